The number of carbonyl (C=O) groups excluding carboxylic acids is 1. The average Bonchev–Trinajstić information content (AvgIpc) is 2.81. The zero-order valence-corrected chi connectivity index (χ0v) is 12.9. The molecule has 2 aliphatic heterocycles. The van der Waals surface area contributed by atoms with E-state index in [-0.39, 0.29) is 17.5 Å². The minimum atomic E-state index is -0.390. The van der Waals surface area contributed by atoms with Gasteiger partial charge in [0.25, 0.3) is 0 Å². The summed E-state index contributed by atoms with van der Waals surface area (Å²) >= 11 is 0. The highest BCUT2D eigenvalue weighted by atomic mass is 16.5. The summed E-state index contributed by atoms with van der Waals surface area (Å²) in [7, 11) is 0. The molecule has 5 heteroatoms. The van der Waals surface area contributed by atoms with Crippen LogP contribution >= 0.6 is 0 Å². The first-order valence-electron chi connectivity index (χ1n) is 7.76. The van der Waals surface area contributed by atoms with Crippen LogP contribution in [0.15, 0.2) is 0 Å². The summed E-state index contributed by atoms with van der Waals surface area (Å²) in [5.74, 6) is 0.0555. The van der Waals surface area contributed by atoms with Crippen LogP contribution in [0.4, 0.5) is 0 Å². The average molecular weight is 284 g/mol. The minimum absolute atomic E-state index is 0.0555. The molecule has 2 rings (SSSR count). The van der Waals surface area contributed by atoms with Crippen LogP contribution in [-0.4, -0.2) is 59.4 Å². The molecule has 0 aromatic heterocycles. The van der Waals surface area contributed by atoms with Gasteiger partial charge in [-0.15, -0.1) is 0 Å². The fraction of sp³-hybridized carbons (Fsp3) is 0.933. The van der Waals surface area contributed by atoms with E-state index in [1.54, 1.807) is 0 Å². The van der Waals surface area contributed by atoms with E-state index < -0.39 is 6.10 Å². The molecule has 20 heavy (non-hydrogen) atoms. The van der Waals surface area contributed by atoms with Crippen molar-refractivity contribution in [3.05, 3.63) is 0 Å². The van der Waals surface area contributed by atoms with Gasteiger partial charge < -0.3 is 15.2 Å². The maximum atomic E-state index is 12.5. The zero-order valence-electron chi connectivity index (χ0n) is 12.9. The van der Waals surface area contributed by atoms with Crippen LogP contribution < -0.4 is 5.32 Å². The molecule has 2 aliphatic rings. The first-order chi connectivity index (χ1) is 9.43. The summed E-state index contributed by atoms with van der Waals surface area (Å²) in [6.45, 7) is 8.26. The van der Waals surface area contributed by atoms with Crippen LogP contribution in [0.25, 0.3) is 0 Å². The highest BCUT2D eigenvalue weighted by molar-refractivity contribution is 5.82. The maximum absolute atomic E-state index is 12.5. The number of hydrogen-bond donors (Lipinski definition) is 2. The molecule has 2 fully saturated rings. The third-order valence-electron chi connectivity index (χ3n) is 4.63. The topological polar surface area (TPSA) is 61.8 Å². The van der Waals surface area contributed by atoms with Crippen LogP contribution in [0.1, 0.15) is 46.5 Å². The molecule has 2 atom stereocenters. The van der Waals surface area contributed by atoms with Crippen LogP contribution in [0.5, 0.6) is 0 Å². The predicted octanol–water partition coefficient (Wildman–Crippen LogP) is 0.905. The second-order valence-electron chi connectivity index (χ2n) is 6.67. The molecule has 1 amide bonds. The number of nitrogens with zero attached hydrogens (tertiary/aromatic N) is 1. The Hall–Kier alpha value is -0.650. The molecule has 0 aliphatic carbocycles. The van der Waals surface area contributed by atoms with E-state index in [1.807, 2.05) is 13.8 Å². The number of likely N-dealkylation sites (tertiary alicyclic amines) is 1. The monoisotopic (exact) mass is 284 g/mol. The molecule has 0 radical (unpaired) electrons. The Morgan fingerprint density at radius 1 is 1.40 bits per heavy atom. The fourth-order valence-electron chi connectivity index (χ4n) is 3.02. The summed E-state index contributed by atoms with van der Waals surface area (Å²) in [6.07, 6.45) is 2.95. The van der Waals surface area contributed by atoms with Crippen molar-refractivity contribution in [2.45, 2.75) is 70.2 Å². The first-order valence-corrected chi connectivity index (χ1v) is 7.76. The lowest BCUT2D eigenvalue weighted by Crippen LogP contribution is -2.53. The van der Waals surface area contributed by atoms with Crippen molar-refractivity contribution >= 4 is 5.91 Å². The van der Waals surface area contributed by atoms with Crippen LogP contribution in [0, 0.1) is 0 Å². The Bertz CT molecular complexity index is 340. The minimum Gasteiger partial charge on any atom is -0.392 e. The molecule has 2 N–H and O–H groups in total. The smallest absolute Gasteiger partial charge is 0.237 e. The lowest BCUT2D eigenvalue weighted by molar-refractivity contribution is -0.128. The fourth-order valence-corrected chi connectivity index (χ4v) is 3.02. The summed E-state index contributed by atoms with van der Waals surface area (Å²) in [5, 5.41) is 13.1. The second-order valence-corrected chi connectivity index (χ2v) is 6.67. The Kier molecular flexibility index (Phi) is 5.04. The number of rotatable bonds is 4. The van der Waals surface area contributed by atoms with Crippen molar-refractivity contribution in [1.29, 1.82) is 0 Å². The highest BCUT2D eigenvalue weighted by Gasteiger charge is 2.41. The molecule has 116 valence electrons. The number of nitrogens with one attached hydrogen (secondary N) is 1. The molecule has 0 aromatic carbocycles. The zero-order chi connectivity index (χ0) is 14.8. The largest absolute Gasteiger partial charge is 0.392 e. The van der Waals surface area contributed by atoms with Gasteiger partial charge in [0.1, 0.15) is 0 Å². The number of aliphatic hydroxyl groups excluding tert-OH is 1. The number of hydrogen-bond acceptors (Lipinski definition) is 4. The number of ether oxygens (including phenoxy) is 1. The van der Waals surface area contributed by atoms with Gasteiger partial charge in [-0.3, -0.25) is 9.69 Å². The third kappa shape index (κ3) is 3.71. The van der Waals surface area contributed by atoms with E-state index in [9.17, 15) is 9.90 Å². The molecule has 0 aromatic rings. The SMILES string of the molecule is CCC(C)(C)NC(=O)[C@@H]1C[C@@H](O)CN1C1CCOCC1. The van der Waals surface area contributed by atoms with E-state index in [4.69, 9.17) is 4.74 Å². The number of amides is 1. The lowest BCUT2D eigenvalue weighted by Gasteiger charge is -2.36. The van der Waals surface area contributed by atoms with Gasteiger partial charge in [0.2, 0.25) is 5.91 Å². The van der Waals surface area contributed by atoms with Gasteiger partial charge in [0.15, 0.2) is 0 Å². The van der Waals surface area contributed by atoms with E-state index in [0.717, 1.165) is 32.5 Å². The maximum Gasteiger partial charge on any atom is 0.237 e. The van der Waals surface area contributed by atoms with Crippen LogP contribution in [-0.2, 0) is 9.53 Å². The summed E-state index contributed by atoms with van der Waals surface area (Å²) in [4.78, 5) is 14.7. The normalized spacial score (nSPS) is 29.6. The summed E-state index contributed by atoms with van der Waals surface area (Å²) < 4.78 is 5.39. The van der Waals surface area contributed by atoms with Crippen molar-refractivity contribution in [2.24, 2.45) is 0 Å². The molecule has 0 bridgehead atoms. The van der Waals surface area contributed by atoms with E-state index in [0.29, 0.717) is 19.0 Å². The number of β-amino-alcohol motifs (C(OH)–C–C–N with tert-alkyl or cyclic N) is 1. The van der Waals surface area contributed by atoms with Gasteiger partial charge >= 0.3 is 0 Å². The van der Waals surface area contributed by atoms with Crippen molar-refractivity contribution in [1.82, 2.24) is 10.2 Å². The van der Waals surface area contributed by atoms with Gasteiger partial charge in [-0.1, -0.05) is 6.92 Å². The van der Waals surface area contributed by atoms with Crippen molar-refractivity contribution in [3.8, 4) is 0 Å². The Morgan fingerprint density at radius 3 is 2.65 bits per heavy atom. The van der Waals surface area contributed by atoms with Crippen molar-refractivity contribution < 1.29 is 14.6 Å². The predicted molar refractivity (Wildman–Crippen MR) is 77.5 cm³/mol. The standard InChI is InChI=1S/C15H28N2O3/c1-4-15(2,3)16-14(19)13-9-12(18)10-17(13)11-5-7-20-8-6-11/h11-13,18H,4-10H2,1-3H3,(H,16,19)/t12-,13+/m1/s1. The molecule has 5 nitrogen and oxygen atoms in total. The molecule has 0 saturated carbocycles. The quantitative estimate of drug-likeness (QED) is 0.805. The Labute approximate surface area is 121 Å². The van der Waals surface area contributed by atoms with Crippen molar-refractivity contribution in [2.75, 3.05) is 19.8 Å². The van der Waals surface area contributed by atoms with Gasteiger partial charge in [-0.05, 0) is 39.5 Å². The van der Waals surface area contributed by atoms with Crippen LogP contribution in [0.3, 0.4) is 0 Å². The third-order valence-corrected chi connectivity index (χ3v) is 4.63. The molecule has 0 spiro atoms. The van der Waals surface area contributed by atoms with Crippen molar-refractivity contribution in [3.63, 3.8) is 0 Å². The number of aliphatic hydroxyl groups is 1. The van der Waals surface area contributed by atoms with E-state index >= 15 is 0 Å². The Morgan fingerprint density at radius 2 is 2.05 bits per heavy atom. The van der Waals surface area contributed by atoms with Crippen LogP contribution in [0.2, 0.25) is 0 Å². The van der Waals surface area contributed by atoms with Gasteiger partial charge in [-0.2, -0.15) is 0 Å². The van der Waals surface area contributed by atoms with Gasteiger partial charge in [0, 0.05) is 31.3 Å². The van der Waals surface area contributed by atoms with E-state index in [2.05, 4.69) is 17.1 Å². The second kappa shape index (κ2) is 6.41. The molecule has 2 saturated heterocycles. The molecular formula is C15H28N2O3. The number of carbonyl (C=O) groups is 1. The summed E-state index contributed by atoms with van der Waals surface area (Å²) in [5.41, 5.74) is -0.189. The summed E-state index contributed by atoms with van der Waals surface area (Å²) in [6, 6.07) is 0.167. The molecular weight excluding hydrogens is 256 g/mol. The van der Waals surface area contributed by atoms with Gasteiger partial charge in [0.05, 0.1) is 12.1 Å². The first kappa shape index (κ1) is 15.7. The Balaban J connectivity index is 2.01. The van der Waals surface area contributed by atoms with Gasteiger partial charge in [-0.25, -0.2) is 0 Å². The van der Waals surface area contributed by atoms with E-state index in [1.165, 1.54) is 0 Å². The highest BCUT2D eigenvalue weighted by Crippen LogP contribution is 2.26. The molecule has 2 heterocycles. The molecule has 0 unspecified atom stereocenters. The lowest BCUT2D eigenvalue weighted by atomic mass is 10.00.